The van der Waals surface area contributed by atoms with E-state index in [0.717, 1.165) is 37.8 Å². The molecule has 0 atom stereocenters. The number of carbonyl (C=O) groups is 1. The largest absolute Gasteiger partial charge is 0.416 e. The molecule has 32 heavy (non-hydrogen) atoms. The summed E-state index contributed by atoms with van der Waals surface area (Å²) in [6.45, 7) is 4.18. The first-order chi connectivity index (χ1) is 15.4. The minimum absolute atomic E-state index is 0.145. The van der Waals surface area contributed by atoms with E-state index in [9.17, 15) is 18.0 Å². The molecule has 1 aromatic heterocycles. The second kappa shape index (κ2) is 9.97. The average molecular weight is 466 g/mol. The number of piperidine rings is 1. The predicted molar refractivity (Wildman–Crippen MR) is 119 cm³/mol. The van der Waals surface area contributed by atoms with Crippen LogP contribution in [0.5, 0.6) is 0 Å². The summed E-state index contributed by atoms with van der Waals surface area (Å²) in [5.41, 5.74) is -0.0502. The number of rotatable bonds is 5. The van der Waals surface area contributed by atoms with E-state index < -0.39 is 11.7 Å². The Morgan fingerprint density at radius 1 is 0.906 bits per heavy atom. The molecule has 0 radical (unpaired) electrons. The molecule has 172 valence electrons. The Hall–Kier alpha value is -2.49. The summed E-state index contributed by atoms with van der Waals surface area (Å²) in [6.07, 6.45) is -0.999. The van der Waals surface area contributed by atoms with Crippen LogP contribution in [0.25, 0.3) is 0 Å². The SMILES string of the molecule is O=C(CSc1ccc(N2CCN(c3cccc(C(F)(F)F)c3)CC2)nn1)N1CCCCC1. The number of halogens is 3. The molecule has 2 aliphatic rings. The van der Waals surface area contributed by atoms with E-state index in [1.165, 1.54) is 30.3 Å². The molecule has 4 rings (SSSR count). The minimum Gasteiger partial charge on any atom is -0.368 e. The van der Waals surface area contributed by atoms with Crippen LogP contribution in [0, 0.1) is 0 Å². The number of piperazine rings is 1. The van der Waals surface area contributed by atoms with Crippen LogP contribution in [0.2, 0.25) is 0 Å². The molecule has 10 heteroatoms. The fourth-order valence-corrected chi connectivity index (χ4v) is 4.72. The van der Waals surface area contributed by atoms with E-state index in [4.69, 9.17) is 0 Å². The number of aromatic nitrogens is 2. The maximum atomic E-state index is 13.0. The van der Waals surface area contributed by atoms with E-state index >= 15 is 0 Å². The number of hydrogen-bond donors (Lipinski definition) is 0. The maximum absolute atomic E-state index is 13.0. The van der Waals surface area contributed by atoms with Crippen molar-refractivity contribution in [2.75, 3.05) is 54.8 Å². The van der Waals surface area contributed by atoms with Gasteiger partial charge in [-0.25, -0.2) is 0 Å². The first kappa shape index (κ1) is 22.7. The summed E-state index contributed by atoms with van der Waals surface area (Å²) in [5.74, 6) is 1.25. The lowest BCUT2D eigenvalue weighted by atomic mass is 10.1. The smallest absolute Gasteiger partial charge is 0.368 e. The highest BCUT2D eigenvalue weighted by Gasteiger charge is 2.31. The van der Waals surface area contributed by atoms with Crippen molar-refractivity contribution in [3.8, 4) is 0 Å². The van der Waals surface area contributed by atoms with Gasteiger partial charge in [-0.1, -0.05) is 17.8 Å². The topological polar surface area (TPSA) is 52.6 Å². The summed E-state index contributed by atoms with van der Waals surface area (Å²) in [5, 5.41) is 9.26. The monoisotopic (exact) mass is 465 g/mol. The van der Waals surface area contributed by atoms with Crippen LogP contribution in [0.4, 0.5) is 24.7 Å². The number of amides is 1. The highest BCUT2D eigenvalue weighted by Crippen LogP contribution is 2.32. The third-order valence-corrected chi connectivity index (χ3v) is 6.73. The van der Waals surface area contributed by atoms with Crippen LogP contribution in [-0.2, 0) is 11.0 Å². The quantitative estimate of drug-likeness (QED) is 0.624. The molecule has 0 bridgehead atoms. The summed E-state index contributed by atoms with van der Waals surface area (Å²) >= 11 is 1.40. The zero-order valence-corrected chi connectivity index (χ0v) is 18.5. The molecule has 1 aromatic carbocycles. The molecule has 2 aliphatic heterocycles. The van der Waals surface area contributed by atoms with Crippen molar-refractivity contribution in [2.45, 2.75) is 30.5 Å². The first-order valence-corrected chi connectivity index (χ1v) is 11.8. The van der Waals surface area contributed by atoms with Crippen LogP contribution < -0.4 is 9.80 Å². The zero-order valence-electron chi connectivity index (χ0n) is 17.7. The van der Waals surface area contributed by atoms with Crippen molar-refractivity contribution >= 4 is 29.2 Å². The van der Waals surface area contributed by atoms with E-state index in [1.807, 2.05) is 21.9 Å². The summed E-state index contributed by atoms with van der Waals surface area (Å²) in [4.78, 5) is 18.2. The van der Waals surface area contributed by atoms with Gasteiger partial charge in [-0.3, -0.25) is 4.79 Å². The molecule has 0 N–H and O–H groups in total. The highest BCUT2D eigenvalue weighted by atomic mass is 32.2. The van der Waals surface area contributed by atoms with E-state index in [1.54, 1.807) is 6.07 Å². The number of benzene rings is 1. The fraction of sp³-hybridized carbons (Fsp3) is 0.500. The van der Waals surface area contributed by atoms with Crippen molar-refractivity contribution in [3.05, 3.63) is 42.0 Å². The number of alkyl halides is 3. The summed E-state index contributed by atoms with van der Waals surface area (Å²) < 4.78 is 38.9. The Morgan fingerprint density at radius 2 is 1.62 bits per heavy atom. The molecule has 2 fully saturated rings. The molecular weight excluding hydrogens is 439 g/mol. The van der Waals surface area contributed by atoms with Crippen LogP contribution in [-0.4, -0.2) is 66.0 Å². The van der Waals surface area contributed by atoms with Crippen molar-refractivity contribution in [1.29, 1.82) is 0 Å². The van der Waals surface area contributed by atoms with Gasteiger partial charge in [0.05, 0.1) is 11.3 Å². The zero-order chi connectivity index (χ0) is 22.6. The third kappa shape index (κ3) is 5.65. The number of thioether (sulfide) groups is 1. The molecule has 2 aromatic rings. The van der Waals surface area contributed by atoms with Gasteiger partial charge in [-0.05, 0) is 49.6 Å². The van der Waals surface area contributed by atoms with Gasteiger partial charge in [0.15, 0.2) is 5.82 Å². The minimum atomic E-state index is -4.34. The van der Waals surface area contributed by atoms with E-state index in [0.29, 0.717) is 42.6 Å². The standard InChI is InChI=1S/C22H26F3N5OS/c23-22(24,25)17-5-4-6-18(15-17)28-11-13-29(14-12-28)19-7-8-20(27-26-19)32-16-21(31)30-9-2-1-3-10-30/h4-8,15H,1-3,9-14,16H2. The third-order valence-electron chi connectivity index (χ3n) is 5.82. The molecule has 0 spiro atoms. The van der Waals surface area contributed by atoms with Crippen LogP contribution in [0.3, 0.4) is 0 Å². The lowest BCUT2D eigenvalue weighted by Crippen LogP contribution is -2.47. The number of anilines is 2. The van der Waals surface area contributed by atoms with Gasteiger partial charge >= 0.3 is 6.18 Å². The first-order valence-electron chi connectivity index (χ1n) is 10.8. The predicted octanol–water partition coefficient (Wildman–Crippen LogP) is 3.93. The van der Waals surface area contributed by atoms with Crippen LogP contribution in [0.15, 0.2) is 41.4 Å². The lowest BCUT2D eigenvalue weighted by molar-refractivity contribution is -0.137. The van der Waals surface area contributed by atoms with Crippen LogP contribution >= 0.6 is 11.8 Å². The summed E-state index contributed by atoms with van der Waals surface area (Å²) in [7, 11) is 0. The molecule has 1 amide bonds. The van der Waals surface area contributed by atoms with Gasteiger partial charge in [0.2, 0.25) is 5.91 Å². The number of hydrogen-bond acceptors (Lipinski definition) is 6. The van der Waals surface area contributed by atoms with Gasteiger partial charge in [0, 0.05) is 45.0 Å². The fourth-order valence-electron chi connectivity index (χ4n) is 4.00. The van der Waals surface area contributed by atoms with Gasteiger partial charge < -0.3 is 14.7 Å². The molecule has 6 nitrogen and oxygen atoms in total. The van der Waals surface area contributed by atoms with Gasteiger partial charge in [-0.2, -0.15) is 13.2 Å². The van der Waals surface area contributed by atoms with Crippen LogP contribution in [0.1, 0.15) is 24.8 Å². The second-order valence-corrected chi connectivity index (χ2v) is 8.98. The molecule has 2 saturated heterocycles. The normalized spacial score (nSPS) is 17.5. The highest BCUT2D eigenvalue weighted by molar-refractivity contribution is 7.99. The molecule has 0 unspecified atom stereocenters. The lowest BCUT2D eigenvalue weighted by Gasteiger charge is -2.36. The van der Waals surface area contributed by atoms with E-state index in [2.05, 4.69) is 15.1 Å². The second-order valence-electron chi connectivity index (χ2n) is 7.98. The van der Waals surface area contributed by atoms with E-state index in [-0.39, 0.29) is 5.91 Å². The summed E-state index contributed by atoms with van der Waals surface area (Å²) in [6, 6.07) is 9.21. The molecular formula is C22H26F3N5OS. The Morgan fingerprint density at radius 3 is 2.28 bits per heavy atom. The number of likely N-dealkylation sites (tertiary alicyclic amines) is 1. The van der Waals surface area contributed by atoms with Crippen molar-refractivity contribution in [3.63, 3.8) is 0 Å². The van der Waals surface area contributed by atoms with Crippen molar-refractivity contribution < 1.29 is 18.0 Å². The van der Waals surface area contributed by atoms with Gasteiger partial charge in [0.25, 0.3) is 0 Å². The Bertz CT molecular complexity index is 911. The van der Waals surface area contributed by atoms with Crippen molar-refractivity contribution in [2.24, 2.45) is 0 Å². The Labute approximate surface area is 189 Å². The number of carbonyl (C=O) groups excluding carboxylic acids is 1. The Kier molecular flexibility index (Phi) is 7.07. The molecule has 0 saturated carbocycles. The maximum Gasteiger partial charge on any atom is 0.416 e. The molecule has 3 heterocycles. The van der Waals surface area contributed by atoms with Crippen molar-refractivity contribution in [1.82, 2.24) is 15.1 Å². The average Bonchev–Trinajstić information content (AvgIpc) is 2.83. The van der Waals surface area contributed by atoms with Gasteiger partial charge in [0.1, 0.15) is 5.03 Å². The molecule has 0 aliphatic carbocycles. The Balaban J connectivity index is 1.28. The van der Waals surface area contributed by atoms with Gasteiger partial charge in [-0.15, -0.1) is 10.2 Å². The number of nitrogens with zero attached hydrogens (tertiary/aromatic N) is 5.